The molecule has 0 saturated heterocycles. The molecule has 0 aromatic carbocycles. The summed E-state index contributed by atoms with van der Waals surface area (Å²) in [5.74, 6) is -1.24. The number of nitrogens with one attached hydrogen (secondary N) is 2. The van der Waals surface area contributed by atoms with Crippen molar-refractivity contribution in [3.05, 3.63) is 30.1 Å². The van der Waals surface area contributed by atoms with Gasteiger partial charge in [-0.3, -0.25) is 14.6 Å². The second kappa shape index (κ2) is 7.39. The van der Waals surface area contributed by atoms with Gasteiger partial charge in [0.15, 0.2) is 0 Å². The van der Waals surface area contributed by atoms with Crippen molar-refractivity contribution < 1.29 is 9.59 Å². The van der Waals surface area contributed by atoms with Crippen LogP contribution in [0.25, 0.3) is 0 Å². The van der Waals surface area contributed by atoms with Gasteiger partial charge in [0, 0.05) is 32.0 Å². The molecule has 2 N–H and O–H groups in total. The molecule has 6 heteroatoms. The lowest BCUT2D eigenvalue weighted by molar-refractivity contribution is -0.139. The summed E-state index contributed by atoms with van der Waals surface area (Å²) in [4.78, 5) is 28.7. The fraction of sp³-hybridized carbons (Fsp3) is 0.417. The van der Waals surface area contributed by atoms with Gasteiger partial charge in [0.25, 0.3) is 0 Å². The number of rotatable bonds is 5. The molecule has 0 aliphatic rings. The minimum Gasteiger partial charge on any atom is -0.347 e. The highest BCUT2D eigenvalue weighted by molar-refractivity contribution is 6.35. The van der Waals surface area contributed by atoms with Gasteiger partial charge in [-0.25, -0.2) is 0 Å². The molecule has 18 heavy (non-hydrogen) atoms. The van der Waals surface area contributed by atoms with E-state index in [4.69, 9.17) is 0 Å². The minimum atomic E-state index is -0.627. The highest BCUT2D eigenvalue weighted by atomic mass is 16.2. The predicted octanol–water partition coefficient (Wildman–Crippen LogP) is -0.624. The van der Waals surface area contributed by atoms with Crippen molar-refractivity contribution in [2.45, 2.75) is 6.54 Å². The second-order valence-electron chi connectivity index (χ2n) is 4.10. The van der Waals surface area contributed by atoms with E-state index in [0.717, 1.165) is 5.56 Å². The van der Waals surface area contributed by atoms with E-state index in [1.165, 1.54) is 0 Å². The van der Waals surface area contributed by atoms with Gasteiger partial charge in [0.05, 0.1) is 0 Å². The van der Waals surface area contributed by atoms with E-state index >= 15 is 0 Å². The van der Waals surface area contributed by atoms with Gasteiger partial charge >= 0.3 is 11.8 Å². The average Bonchev–Trinajstić information content (AvgIpc) is 2.36. The normalized spacial score (nSPS) is 10.2. The van der Waals surface area contributed by atoms with Crippen molar-refractivity contribution in [1.29, 1.82) is 0 Å². The van der Waals surface area contributed by atoms with Crippen LogP contribution < -0.4 is 10.6 Å². The molecule has 1 rings (SSSR count). The van der Waals surface area contributed by atoms with E-state index in [0.29, 0.717) is 19.6 Å². The largest absolute Gasteiger partial charge is 0.347 e. The molecule has 0 atom stereocenters. The van der Waals surface area contributed by atoms with E-state index in [1.807, 2.05) is 25.1 Å². The van der Waals surface area contributed by atoms with E-state index in [1.54, 1.807) is 18.5 Å². The Morgan fingerprint density at radius 1 is 1.28 bits per heavy atom. The lowest BCUT2D eigenvalue weighted by Crippen LogP contribution is -2.41. The standard InChI is InChI=1S/C12H18N4O2/c1-16(2)7-6-14-11(17)12(18)15-9-10-4-3-5-13-8-10/h3-5,8H,6-7,9H2,1-2H3,(H,14,17)(H,15,18). The van der Waals surface area contributed by atoms with Crippen molar-refractivity contribution in [1.82, 2.24) is 20.5 Å². The first-order valence-electron chi connectivity index (χ1n) is 5.69. The third kappa shape index (κ3) is 5.40. The first-order valence-corrected chi connectivity index (χ1v) is 5.69. The Bertz CT molecular complexity index is 392. The molecule has 0 spiro atoms. The number of amides is 2. The molecule has 0 fully saturated rings. The lowest BCUT2D eigenvalue weighted by Gasteiger charge is -2.10. The van der Waals surface area contributed by atoms with Crippen LogP contribution in [-0.2, 0) is 16.1 Å². The Morgan fingerprint density at radius 2 is 2.00 bits per heavy atom. The molecule has 98 valence electrons. The Kier molecular flexibility index (Phi) is 5.79. The number of hydrogen-bond acceptors (Lipinski definition) is 4. The van der Waals surface area contributed by atoms with Crippen LogP contribution in [0.15, 0.2) is 24.5 Å². The van der Waals surface area contributed by atoms with Gasteiger partial charge in [-0.2, -0.15) is 0 Å². The topological polar surface area (TPSA) is 74.3 Å². The molecule has 1 aromatic rings. The monoisotopic (exact) mass is 250 g/mol. The summed E-state index contributed by atoms with van der Waals surface area (Å²) in [7, 11) is 3.79. The van der Waals surface area contributed by atoms with Crippen LogP contribution in [0.5, 0.6) is 0 Å². The van der Waals surface area contributed by atoms with Crippen LogP contribution in [0.1, 0.15) is 5.56 Å². The van der Waals surface area contributed by atoms with E-state index in [2.05, 4.69) is 15.6 Å². The molecule has 1 heterocycles. The first-order chi connectivity index (χ1) is 8.59. The minimum absolute atomic E-state index is 0.299. The zero-order valence-electron chi connectivity index (χ0n) is 10.6. The maximum atomic E-state index is 11.4. The van der Waals surface area contributed by atoms with Crippen LogP contribution in [0.2, 0.25) is 0 Å². The molecule has 1 aromatic heterocycles. The predicted molar refractivity (Wildman–Crippen MR) is 67.6 cm³/mol. The van der Waals surface area contributed by atoms with Crippen molar-refractivity contribution in [3.8, 4) is 0 Å². The number of carbonyl (C=O) groups is 2. The summed E-state index contributed by atoms with van der Waals surface area (Å²) in [5.41, 5.74) is 0.854. The van der Waals surface area contributed by atoms with Gasteiger partial charge in [0.1, 0.15) is 0 Å². The second-order valence-corrected chi connectivity index (χ2v) is 4.10. The summed E-state index contributed by atoms with van der Waals surface area (Å²) >= 11 is 0. The quantitative estimate of drug-likeness (QED) is 0.683. The number of carbonyl (C=O) groups excluding carboxylic acids is 2. The molecule has 6 nitrogen and oxygen atoms in total. The van der Waals surface area contributed by atoms with Crippen molar-refractivity contribution in [2.24, 2.45) is 0 Å². The number of pyridine rings is 1. The van der Waals surface area contributed by atoms with Gasteiger partial charge in [-0.05, 0) is 25.7 Å². The van der Waals surface area contributed by atoms with Crippen molar-refractivity contribution >= 4 is 11.8 Å². The van der Waals surface area contributed by atoms with Crippen molar-refractivity contribution in [2.75, 3.05) is 27.2 Å². The Hall–Kier alpha value is -1.95. The lowest BCUT2D eigenvalue weighted by atomic mass is 10.3. The molecule has 0 aliphatic heterocycles. The van der Waals surface area contributed by atoms with Crippen LogP contribution in [0, 0.1) is 0 Å². The third-order valence-electron chi connectivity index (χ3n) is 2.23. The summed E-state index contributed by atoms with van der Waals surface area (Å²) < 4.78 is 0. The first kappa shape index (κ1) is 14.1. The molecular weight excluding hydrogens is 232 g/mol. The molecule has 0 bridgehead atoms. The number of likely N-dealkylation sites (N-methyl/N-ethyl adjacent to an activating group) is 1. The molecular formula is C12H18N4O2. The van der Waals surface area contributed by atoms with E-state index < -0.39 is 11.8 Å². The summed E-state index contributed by atoms with van der Waals surface area (Å²) in [5, 5.41) is 5.07. The molecule has 0 unspecified atom stereocenters. The van der Waals surface area contributed by atoms with E-state index in [-0.39, 0.29) is 0 Å². The highest BCUT2D eigenvalue weighted by Crippen LogP contribution is 1.93. The number of aromatic nitrogens is 1. The van der Waals surface area contributed by atoms with Crippen LogP contribution in [-0.4, -0.2) is 48.9 Å². The van der Waals surface area contributed by atoms with Gasteiger partial charge in [-0.15, -0.1) is 0 Å². The number of nitrogens with zero attached hydrogens (tertiary/aromatic N) is 2. The molecule has 0 saturated carbocycles. The fourth-order valence-corrected chi connectivity index (χ4v) is 1.24. The zero-order chi connectivity index (χ0) is 13.4. The smallest absolute Gasteiger partial charge is 0.309 e. The summed E-state index contributed by atoms with van der Waals surface area (Å²) in [6, 6.07) is 3.61. The Balaban J connectivity index is 2.26. The fourth-order valence-electron chi connectivity index (χ4n) is 1.24. The average molecular weight is 250 g/mol. The van der Waals surface area contributed by atoms with Gasteiger partial charge in [-0.1, -0.05) is 6.07 Å². The Labute approximate surface area is 106 Å². The molecule has 2 amide bonds. The SMILES string of the molecule is CN(C)CCNC(=O)C(=O)NCc1cccnc1. The summed E-state index contributed by atoms with van der Waals surface area (Å²) in [6.45, 7) is 1.45. The zero-order valence-corrected chi connectivity index (χ0v) is 10.6. The van der Waals surface area contributed by atoms with Gasteiger partial charge in [0.2, 0.25) is 0 Å². The van der Waals surface area contributed by atoms with E-state index in [9.17, 15) is 9.59 Å². The van der Waals surface area contributed by atoms with Crippen LogP contribution in [0.4, 0.5) is 0 Å². The molecule has 0 radical (unpaired) electrons. The van der Waals surface area contributed by atoms with Crippen LogP contribution in [0.3, 0.4) is 0 Å². The number of hydrogen-bond donors (Lipinski definition) is 2. The summed E-state index contributed by atoms with van der Waals surface area (Å²) in [6.07, 6.45) is 3.30. The maximum Gasteiger partial charge on any atom is 0.309 e. The molecule has 0 aliphatic carbocycles. The van der Waals surface area contributed by atoms with Crippen LogP contribution >= 0.6 is 0 Å². The third-order valence-corrected chi connectivity index (χ3v) is 2.23. The van der Waals surface area contributed by atoms with Gasteiger partial charge < -0.3 is 15.5 Å². The maximum absolute atomic E-state index is 11.4. The Morgan fingerprint density at radius 3 is 2.61 bits per heavy atom. The highest BCUT2D eigenvalue weighted by Gasteiger charge is 2.11. The van der Waals surface area contributed by atoms with Crippen molar-refractivity contribution in [3.63, 3.8) is 0 Å².